The van der Waals surface area contributed by atoms with Crippen LogP contribution >= 0.6 is 0 Å². The lowest BCUT2D eigenvalue weighted by molar-refractivity contribution is -0.133. The molecule has 0 aromatic rings. The van der Waals surface area contributed by atoms with Gasteiger partial charge in [0.05, 0.1) is 12.1 Å². The molecule has 0 aromatic heterocycles. The van der Waals surface area contributed by atoms with Gasteiger partial charge in [-0.25, -0.2) is 0 Å². The number of nitrogens with zero attached hydrogens (tertiary/aromatic N) is 1. The van der Waals surface area contributed by atoms with E-state index in [4.69, 9.17) is 5.11 Å². The minimum atomic E-state index is -0.508. The molecule has 3 N–H and O–H groups in total. The van der Waals surface area contributed by atoms with Gasteiger partial charge >= 0.3 is 0 Å². The second-order valence-electron chi connectivity index (χ2n) is 4.85. The summed E-state index contributed by atoms with van der Waals surface area (Å²) in [6, 6.07) is -0.185. The van der Waals surface area contributed by atoms with Gasteiger partial charge in [-0.15, -0.1) is 0 Å². The van der Waals surface area contributed by atoms with Gasteiger partial charge in [0.25, 0.3) is 0 Å². The summed E-state index contributed by atoms with van der Waals surface area (Å²) in [6.45, 7) is 9.24. The molecule has 1 saturated heterocycles. The summed E-state index contributed by atoms with van der Waals surface area (Å²) >= 11 is 0. The van der Waals surface area contributed by atoms with Crippen LogP contribution in [0.1, 0.15) is 20.8 Å². The van der Waals surface area contributed by atoms with Gasteiger partial charge in [-0.1, -0.05) is 0 Å². The van der Waals surface area contributed by atoms with E-state index >= 15 is 0 Å². The first kappa shape index (κ1) is 13.4. The molecular formula is C11H23N3O2. The maximum absolute atomic E-state index is 12.0. The van der Waals surface area contributed by atoms with E-state index in [0.29, 0.717) is 0 Å². The fourth-order valence-electron chi connectivity index (χ4n) is 1.81. The van der Waals surface area contributed by atoms with E-state index in [1.165, 1.54) is 0 Å². The average molecular weight is 229 g/mol. The third-order valence-corrected chi connectivity index (χ3v) is 3.11. The van der Waals surface area contributed by atoms with E-state index in [0.717, 1.165) is 26.2 Å². The molecular weight excluding hydrogens is 206 g/mol. The van der Waals surface area contributed by atoms with E-state index < -0.39 is 5.54 Å². The van der Waals surface area contributed by atoms with Crippen molar-refractivity contribution in [2.24, 2.45) is 0 Å². The predicted molar refractivity (Wildman–Crippen MR) is 63.2 cm³/mol. The summed E-state index contributed by atoms with van der Waals surface area (Å²) in [5, 5.41) is 15.0. The molecule has 0 bridgehead atoms. The number of aliphatic hydroxyl groups is 1. The van der Waals surface area contributed by atoms with Crippen molar-refractivity contribution in [3.8, 4) is 0 Å². The molecule has 16 heavy (non-hydrogen) atoms. The quantitative estimate of drug-likeness (QED) is 0.588. The number of carbonyl (C=O) groups is 1. The maximum atomic E-state index is 12.0. The third-order valence-electron chi connectivity index (χ3n) is 3.11. The van der Waals surface area contributed by atoms with Crippen LogP contribution in [0.4, 0.5) is 0 Å². The Balaban J connectivity index is 2.56. The number of nitrogens with one attached hydrogen (secondary N) is 2. The second-order valence-corrected chi connectivity index (χ2v) is 4.85. The Hall–Kier alpha value is -0.650. The van der Waals surface area contributed by atoms with E-state index in [1.54, 1.807) is 6.92 Å². The van der Waals surface area contributed by atoms with Gasteiger partial charge in [-0.05, 0) is 20.8 Å². The van der Waals surface area contributed by atoms with Crippen LogP contribution in [-0.4, -0.2) is 60.3 Å². The lowest BCUT2D eigenvalue weighted by Crippen LogP contribution is -2.61. The monoisotopic (exact) mass is 229 g/mol. The molecule has 1 atom stereocenters. The van der Waals surface area contributed by atoms with Gasteiger partial charge in [0.2, 0.25) is 5.91 Å². The lowest BCUT2D eigenvalue weighted by Gasteiger charge is -2.40. The number of carbonyl (C=O) groups excluding carboxylic acids is 1. The molecule has 5 nitrogen and oxygen atoms in total. The third kappa shape index (κ3) is 3.17. The van der Waals surface area contributed by atoms with Crippen molar-refractivity contribution in [1.82, 2.24) is 15.5 Å². The number of rotatable bonds is 4. The highest BCUT2D eigenvalue weighted by Gasteiger charge is 2.35. The fraction of sp³-hybridized carbons (Fsp3) is 0.909. The molecule has 1 heterocycles. The van der Waals surface area contributed by atoms with Crippen LogP contribution in [0.5, 0.6) is 0 Å². The zero-order valence-electron chi connectivity index (χ0n) is 10.4. The van der Waals surface area contributed by atoms with E-state index in [1.807, 2.05) is 13.8 Å². The lowest BCUT2D eigenvalue weighted by atomic mass is 10.00. The van der Waals surface area contributed by atoms with Crippen molar-refractivity contribution in [2.75, 3.05) is 32.8 Å². The molecule has 0 aromatic carbocycles. The largest absolute Gasteiger partial charge is 0.394 e. The number of amides is 1. The van der Waals surface area contributed by atoms with Crippen molar-refractivity contribution in [2.45, 2.75) is 32.4 Å². The van der Waals surface area contributed by atoms with Crippen LogP contribution in [0.2, 0.25) is 0 Å². The Morgan fingerprint density at radius 1 is 1.50 bits per heavy atom. The normalized spacial score (nSPS) is 20.5. The van der Waals surface area contributed by atoms with Gasteiger partial charge in [0, 0.05) is 32.2 Å². The number of piperazine rings is 1. The zero-order valence-corrected chi connectivity index (χ0v) is 10.4. The number of hydrogen-bond acceptors (Lipinski definition) is 4. The molecule has 1 aliphatic heterocycles. The second kappa shape index (κ2) is 5.61. The van der Waals surface area contributed by atoms with Gasteiger partial charge in [-0.2, -0.15) is 0 Å². The molecule has 0 aliphatic carbocycles. The highest BCUT2D eigenvalue weighted by molar-refractivity contribution is 5.85. The van der Waals surface area contributed by atoms with E-state index in [9.17, 15) is 4.79 Å². The molecule has 1 rings (SSSR count). The van der Waals surface area contributed by atoms with Crippen LogP contribution in [0.15, 0.2) is 0 Å². The van der Waals surface area contributed by atoms with Crippen molar-refractivity contribution in [3.63, 3.8) is 0 Å². The fourth-order valence-corrected chi connectivity index (χ4v) is 1.81. The molecule has 0 radical (unpaired) electrons. The Bertz CT molecular complexity index is 237. The number of aliphatic hydroxyl groups excluding tert-OH is 1. The van der Waals surface area contributed by atoms with Crippen LogP contribution in [0.25, 0.3) is 0 Å². The van der Waals surface area contributed by atoms with Crippen LogP contribution in [-0.2, 0) is 4.79 Å². The van der Waals surface area contributed by atoms with Crippen LogP contribution in [0, 0.1) is 0 Å². The van der Waals surface area contributed by atoms with E-state index in [2.05, 4.69) is 15.5 Å². The standard InChI is InChI=1S/C11H23N3O2/c1-9(8-15)13-10(16)11(2,3)14-6-4-12-5-7-14/h9,12,15H,4-8H2,1-3H3,(H,13,16)/t9-/m0/s1. The van der Waals surface area contributed by atoms with Gasteiger partial charge in [0.15, 0.2) is 0 Å². The Morgan fingerprint density at radius 3 is 2.56 bits per heavy atom. The maximum Gasteiger partial charge on any atom is 0.240 e. The molecule has 0 saturated carbocycles. The Morgan fingerprint density at radius 2 is 2.06 bits per heavy atom. The first-order valence-corrected chi connectivity index (χ1v) is 5.86. The molecule has 1 amide bonds. The average Bonchev–Trinajstić information content (AvgIpc) is 2.29. The van der Waals surface area contributed by atoms with Crippen molar-refractivity contribution >= 4 is 5.91 Å². The van der Waals surface area contributed by atoms with Crippen LogP contribution in [0.3, 0.4) is 0 Å². The topological polar surface area (TPSA) is 64.6 Å². The zero-order chi connectivity index (χ0) is 12.2. The summed E-state index contributed by atoms with van der Waals surface area (Å²) in [6.07, 6.45) is 0. The van der Waals surface area contributed by atoms with Crippen molar-refractivity contribution < 1.29 is 9.90 Å². The van der Waals surface area contributed by atoms with Gasteiger partial charge in [0.1, 0.15) is 0 Å². The number of hydrogen-bond donors (Lipinski definition) is 3. The van der Waals surface area contributed by atoms with E-state index in [-0.39, 0.29) is 18.6 Å². The SMILES string of the molecule is C[C@@H](CO)NC(=O)C(C)(C)N1CCNCC1. The predicted octanol–water partition coefficient (Wildman–Crippen LogP) is -0.833. The molecule has 94 valence electrons. The summed E-state index contributed by atoms with van der Waals surface area (Å²) < 4.78 is 0. The molecule has 0 spiro atoms. The minimum Gasteiger partial charge on any atom is -0.394 e. The van der Waals surface area contributed by atoms with Crippen LogP contribution < -0.4 is 10.6 Å². The first-order valence-electron chi connectivity index (χ1n) is 5.86. The summed E-state index contributed by atoms with van der Waals surface area (Å²) in [5.41, 5.74) is -0.508. The first-order chi connectivity index (χ1) is 7.48. The summed E-state index contributed by atoms with van der Waals surface area (Å²) in [4.78, 5) is 14.2. The molecule has 5 heteroatoms. The highest BCUT2D eigenvalue weighted by atomic mass is 16.3. The smallest absolute Gasteiger partial charge is 0.240 e. The summed E-state index contributed by atoms with van der Waals surface area (Å²) in [7, 11) is 0. The van der Waals surface area contributed by atoms with Gasteiger partial charge in [-0.3, -0.25) is 9.69 Å². The van der Waals surface area contributed by atoms with Gasteiger partial charge < -0.3 is 15.7 Å². The molecule has 0 unspecified atom stereocenters. The minimum absolute atomic E-state index is 0.0176. The Labute approximate surface area is 97.2 Å². The molecule has 1 fully saturated rings. The van der Waals surface area contributed by atoms with Crippen molar-refractivity contribution in [3.05, 3.63) is 0 Å². The van der Waals surface area contributed by atoms with Crippen molar-refractivity contribution in [1.29, 1.82) is 0 Å². The Kier molecular flexibility index (Phi) is 4.70. The molecule has 1 aliphatic rings. The summed E-state index contributed by atoms with van der Waals surface area (Å²) in [5.74, 6) is -0.0176. The highest BCUT2D eigenvalue weighted by Crippen LogP contribution is 2.15.